The van der Waals surface area contributed by atoms with Gasteiger partial charge in [0.25, 0.3) is 0 Å². The van der Waals surface area contributed by atoms with E-state index in [2.05, 4.69) is 5.32 Å². The van der Waals surface area contributed by atoms with E-state index in [0.29, 0.717) is 21.4 Å². The zero-order valence-corrected chi connectivity index (χ0v) is 20.2. The Morgan fingerprint density at radius 3 is 2.48 bits per heavy atom. The van der Waals surface area contributed by atoms with Gasteiger partial charge in [0.1, 0.15) is 11.9 Å². The first-order valence-corrected chi connectivity index (χ1v) is 12.0. The summed E-state index contributed by atoms with van der Waals surface area (Å²) in [6, 6.07) is 10.9. The molecule has 0 aliphatic carbocycles. The number of thioether (sulfide) groups is 1. The molecule has 0 radical (unpaired) electrons. The minimum atomic E-state index is -0.730. The molecule has 0 fully saturated rings. The van der Waals surface area contributed by atoms with Crippen molar-refractivity contribution in [3.63, 3.8) is 0 Å². The molecule has 0 heterocycles. The van der Waals surface area contributed by atoms with Gasteiger partial charge in [-0.3, -0.25) is 9.59 Å². The zero-order chi connectivity index (χ0) is 23.0. The van der Waals surface area contributed by atoms with Gasteiger partial charge in [-0.2, -0.15) is 0 Å². The molecule has 0 aliphatic rings. The summed E-state index contributed by atoms with van der Waals surface area (Å²) in [6.45, 7) is 5.56. The van der Waals surface area contributed by atoms with Gasteiger partial charge in [-0.05, 0) is 44.0 Å². The number of nitrogens with one attached hydrogen (secondary N) is 1. The molecule has 1 N–H and O–H groups in total. The van der Waals surface area contributed by atoms with Crippen molar-refractivity contribution in [1.82, 2.24) is 10.2 Å². The van der Waals surface area contributed by atoms with Gasteiger partial charge in [-0.15, -0.1) is 11.8 Å². The highest BCUT2D eigenvalue weighted by atomic mass is 35.5. The van der Waals surface area contributed by atoms with E-state index in [1.165, 1.54) is 22.7 Å². The molecule has 0 saturated carbocycles. The van der Waals surface area contributed by atoms with Crippen molar-refractivity contribution in [1.29, 1.82) is 0 Å². The lowest BCUT2D eigenvalue weighted by Gasteiger charge is -2.29. The normalized spacial score (nSPS) is 12.8. The standard InChI is InChI=1S/C23H27Cl2FN2O2S/c1-4-15(2)27-23(30)16(3)28(12-18-7-5-6-8-21(18)26)22(29)14-31-13-17-9-10-19(24)20(25)11-17/h5-11,15-16H,4,12-14H2,1-3H3,(H,27,30)/t15-,16+/m0/s1. The van der Waals surface area contributed by atoms with E-state index in [9.17, 15) is 14.0 Å². The Labute approximate surface area is 197 Å². The quantitative estimate of drug-likeness (QED) is 0.470. The van der Waals surface area contributed by atoms with Gasteiger partial charge in [0.05, 0.1) is 15.8 Å². The van der Waals surface area contributed by atoms with Gasteiger partial charge in [-0.1, -0.05) is 54.4 Å². The second kappa shape index (κ2) is 12.3. The van der Waals surface area contributed by atoms with Crippen LogP contribution in [0.5, 0.6) is 0 Å². The maximum Gasteiger partial charge on any atom is 0.242 e. The first kappa shape index (κ1) is 25.5. The van der Waals surface area contributed by atoms with Crippen molar-refractivity contribution < 1.29 is 14.0 Å². The fourth-order valence-electron chi connectivity index (χ4n) is 2.83. The molecule has 0 spiro atoms. The number of hydrogen-bond donors (Lipinski definition) is 1. The summed E-state index contributed by atoms with van der Waals surface area (Å²) in [6.07, 6.45) is 0.777. The highest BCUT2D eigenvalue weighted by molar-refractivity contribution is 7.99. The lowest BCUT2D eigenvalue weighted by Crippen LogP contribution is -2.50. The Balaban J connectivity index is 2.10. The van der Waals surface area contributed by atoms with Crippen LogP contribution < -0.4 is 5.32 Å². The summed E-state index contributed by atoms with van der Waals surface area (Å²) in [5, 5.41) is 3.83. The average Bonchev–Trinajstić information content (AvgIpc) is 2.74. The average molecular weight is 485 g/mol. The molecule has 0 aliphatic heterocycles. The number of nitrogens with zero attached hydrogens (tertiary/aromatic N) is 1. The Hall–Kier alpha value is -1.76. The lowest BCUT2D eigenvalue weighted by molar-refractivity contribution is -0.139. The molecule has 2 atom stereocenters. The van der Waals surface area contributed by atoms with E-state index in [1.54, 1.807) is 37.3 Å². The van der Waals surface area contributed by atoms with Crippen molar-refractivity contribution >= 4 is 46.8 Å². The minimum Gasteiger partial charge on any atom is -0.352 e. The van der Waals surface area contributed by atoms with E-state index in [1.807, 2.05) is 19.9 Å². The molecule has 0 aromatic heterocycles. The molecule has 4 nitrogen and oxygen atoms in total. The molecule has 31 heavy (non-hydrogen) atoms. The number of carbonyl (C=O) groups is 2. The fraction of sp³-hybridized carbons (Fsp3) is 0.391. The van der Waals surface area contributed by atoms with Crippen LogP contribution in [0.3, 0.4) is 0 Å². The number of hydrogen-bond acceptors (Lipinski definition) is 3. The second-order valence-corrected chi connectivity index (χ2v) is 9.15. The van der Waals surface area contributed by atoms with Crippen LogP contribution in [0.15, 0.2) is 42.5 Å². The van der Waals surface area contributed by atoms with E-state index in [-0.39, 0.29) is 30.2 Å². The molecule has 2 aromatic rings. The maximum absolute atomic E-state index is 14.2. The lowest BCUT2D eigenvalue weighted by atomic mass is 10.1. The van der Waals surface area contributed by atoms with Crippen LogP contribution in [0.1, 0.15) is 38.3 Å². The Morgan fingerprint density at radius 1 is 1.13 bits per heavy atom. The maximum atomic E-state index is 14.2. The summed E-state index contributed by atoms with van der Waals surface area (Å²) in [5.41, 5.74) is 1.31. The van der Waals surface area contributed by atoms with E-state index in [4.69, 9.17) is 23.2 Å². The second-order valence-electron chi connectivity index (χ2n) is 7.35. The topological polar surface area (TPSA) is 49.4 Å². The zero-order valence-electron chi connectivity index (χ0n) is 17.8. The summed E-state index contributed by atoms with van der Waals surface area (Å²) >= 11 is 13.4. The van der Waals surface area contributed by atoms with Crippen LogP contribution >= 0.6 is 35.0 Å². The SMILES string of the molecule is CC[C@H](C)NC(=O)[C@@H](C)N(Cc1ccccc1F)C(=O)CSCc1ccc(Cl)c(Cl)c1. The van der Waals surface area contributed by atoms with Crippen LogP contribution in [0, 0.1) is 5.82 Å². The van der Waals surface area contributed by atoms with Gasteiger partial charge >= 0.3 is 0 Å². The third kappa shape index (κ3) is 7.70. The van der Waals surface area contributed by atoms with Crippen molar-refractivity contribution in [2.75, 3.05) is 5.75 Å². The number of benzene rings is 2. The monoisotopic (exact) mass is 484 g/mol. The van der Waals surface area contributed by atoms with Crippen molar-refractivity contribution in [3.05, 3.63) is 69.5 Å². The predicted octanol–water partition coefficient (Wildman–Crippen LogP) is 5.70. The summed E-state index contributed by atoms with van der Waals surface area (Å²) in [5.74, 6) is -0.189. The predicted molar refractivity (Wildman–Crippen MR) is 127 cm³/mol. The molecule has 168 valence electrons. The molecule has 2 aromatic carbocycles. The molecule has 2 rings (SSSR count). The molecule has 8 heteroatoms. The largest absolute Gasteiger partial charge is 0.352 e. The van der Waals surface area contributed by atoms with Gasteiger partial charge in [0, 0.05) is 23.9 Å². The molecular weight excluding hydrogens is 458 g/mol. The van der Waals surface area contributed by atoms with Crippen LogP contribution in [0.4, 0.5) is 4.39 Å². The highest BCUT2D eigenvalue weighted by Gasteiger charge is 2.27. The molecular formula is C23H27Cl2FN2O2S. The Kier molecular flexibility index (Phi) is 10.1. The number of amides is 2. The van der Waals surface area contributed by atoms with E-state index < -0.39 is 11.9 Å². The van der Waals surface area contributed by atoms with Crippen LogP contribution in [-0.2, 0) is 21.9 Å². The Morgan fingerprint density at radius 2 is 1.84 bits per heavy atom. The first-order valence-electron chi connectivity index (χ1n) is 10.1. The first-order chi connectivity index (χ1) is 14.7. The van der Waals surface area contributed by atoms with Gasteiger partial charge in [0.2, 0.25) is 11.8 Å². The minimum absolute atomic E-state index is 0.00982. The summed E-state index contributed by atoms with van der Waals surface area (Å²) in [4.78, 5) is 27.1. The van der Waals surface area contributed by atoms with Crippen molar-refractivity contribution in [2.24, 2.45) is 0 Å². The number of halogens is 3. The summed E-state index contributed by atoms with van der Waals surface area (Å²) in [7, 11) is 0. The van der Waals surface area contributed by atoms with Crippen LogP contribution in [0.25, 0.3) is 0 Å². The number of carbonyl (C=O) groups excluding carboxylic acids is 2. The van der Waals surface area contributed by atoms with Gasteiger partial charge < -0.3 is 10.2 Å². The van der Waals surface area contributed by atoms with Gasteiger partial charge in [0.15, 0.2) is 0 Å². The van der Waals surface area contributed by atoms with Crippen molar-refractivity contribution in [2.45, 2.75) is 51.6 Å². The highest BCUT2D eigenvalue weighted by Crippen LogP contribution is 2.25. The molecule has 0 bridgehead atoms. The van der Waals surface area contributed by atoms with E-state index >= 15 is 0 Å². The van der Waals surface area contributed by atoms with E-state index in [0.717, 1.165) is 12.0 Å². The fourth-order valence-corrected chi connectivity index (χ4v) is 4.01. The third-order valence-electron chi connectivity index (χ3n) is 4.95. The smallest absolute Gasteiger partial charge is 0.242 e. The van der Waals surface area contributed by atoms with Crippen molar-refractivity contribution in [3.8, 4) is 0 Å². The third-order valence-corrected chi connectivity index (χ3v) is 6.67. The number of rotatable bonds is 10. The van der Waals surface area contributed by atoms with Crippen LogP contribution in [0.2, 0.25) is 10.0 Å². The Bertz CT molecular complexity index is 913. The molecule has 2 amide bonds. The molecule has 0 unspecified atom stereocenters. The summed E-state index contributed by atoms with van der Waals surface area (Å²) < 4.78 is 14.2. The molecule has 0 saturated heterocycles. The van der Waals surface area contributed by atoms with Gasteiger partial charge in [-0.25, -0.2) is 4.39 Å². The van der Waals surface area contributed by atoms with Crippen LogP contribution in [-0.4, -0.2) is 34.6 Å².